The van der Waals surface area contributed by atoms with E-state index in [1.54, 1.807) is 11.1 Å². The minimum Gasteiger partial charge on any atom is -0.347 e. The minimum absolute atomic E-state index is 0.0343. The number of imide groups is 1. The van der Waals surface area contributed by atoms with Crippen molar-refractivity contribution in [3.63, 3.8) is 0 Å². The van der Waals surface area contributed by atoms with Gasteiger partial charge in [-0.15, -0.1) is 6.42 Å². The van der Waals surface area contributed by atoms with Crippen LogP contribution in [0.1, 0.15) is 45.9 Å². The first-order chi connectivity index (χ1) is 15.1. The van der Waals surface area contributed by atoms with Gasteiger partial charge in [-0.3, -0.25) is 9.69 Å². The molecule has 10 heteroatoms. The molecule has 2 aromatic heterocycles. The first kappa shape index (κ1) is 21.7. The summed E-state index contributed by atoms with van der Waals surface area (Å²) < 4.78 is 5.29. The van der Waals surface area contributed by atoms with E-state index >= 15 is 0 Å². The van der Waals surface area contributed by atoms with Crippen LogP contribution in [0.25, 0.3) is 11.5 Å². The molecule has 32 heavy (non-hydrogen) atoms. The van der Waals surface area contributed by atoms with E-state index in [4.69, 9.17) is 10.9 Å². The number of amides is 3. The highest BCUT2D eigenvalue weighted by atomic mass is 16.5. The SMILES string of the molecule is C#CCN(C)c1cnc(-c2noc(CN3C(=O)N[C@]4(C[C@@H](C)CC(C)(C)C4)C3=O)n2)cn1. The average Bonchev–Trinajstić information content (AvgIpc) is 3.26. The standard InChI is InChI=1S/C22H27N7O3/c1-6-7-28(5)16-11-23-15(10-24-16)18-25-17(32-27-18)12-29-19(30)22(26-20(29)31)9-14(2)8-21(3,4)13-22/h1,10-11,14H,7-9,12-13H2,2-5H3,(H,26,31)/t14-,22-/m0/s1. The molecule has 2 aromatic rings. The number of carbonyl (C=O) groups is 2. The number of hydrogen-bond acceptors (Lipinski definition) is 8. The van der Waals surface area contributed by atoms with E-state index in [1.807, 2.05) is 7.05 Å². The van der Waals surface area contributed by atoms with Crippen molar-refractivity contribution in [3.05, 3.63) is 18.3 Å². The summed E-state index contributed by atoms with van der Waals surface area (Å²) in [4.78, 5) is 41.8. The summed E-state index contributed by atoms with van der Waals surface area (Å²) in [7, 11) is 1.81. The van der Waals surface area contributed by atoms with E-state index in [-0.39, 0.29) is 29.6 Å². The van der Waals surface area contributed by atoms with Crippen molar-refractivity contribution in [2.75, 3.05) is 18.5 Å². The van der Waals surface area contributed by atoms with Gasteiger partial charge in [0.05, 0.1) is 18.9 Å². The number of anilines is 1. The maximum absolute atomic E-state index is 13.3. The van der Waals surface area contributed by atoms with E-state index in [2.05, 4.69) is 52.1 Å². The van der Waals surface area contributed by atoms with Gasteiger partial charge in [0, 0.05) is 7.05 Å². The zero-order chi connectivity index (χ0) is 23.1. The molecule has 1 saturated heterocycles. The molecule has 0 radical (unpaired) electrons. The predicted molar refractivity (Wildman–Crippen MR) is 116 cm³/mol. The first-order valence-corrected chi connectivity index (χ1v) is 10.6. The van der Waals surface area contributed by atoms with Gasteiger partial charge in [0.1, 0.15) is 23.6 Å². The number of aromatic nitrogens is 4. The summed E-state index contributed by atoms with van der Waals surface area (Å²) in [5.41, 5.74) is -0.491. The molecule has 10 nitrogen and oxygen atoms in total. The van der Waals surface area contributed by atoms with Crippen molar-refractivity contribution in [1.82, 2.24) is 30.3 Å². The summed E-state index contributed by atoms with van der Waals surface area (Å²) in [6.07, 6.45) is 10.7. The van der Waals surface area contributed by atoms with E-state index in [0.717, 1.165) is 11.3 Å². The fourth-order valence-electron chi connectivity index (χ4n) is 5.06. The molecule has 1 aliphatic heterocycles. The van der Waals surface area contributed by atoms with Crippen LogP contribution in [0.3, 0.4) is 0 Å². The lowest BCUT2D eigenvalue weighted by Gasteiger charge is -2.43. The fourth-order valence-corrected chi connectivity index (χ4v) is 5.06. The van der Waals surface area contributed by atoms with Gasteiger partial charge in [-0.1, -0.05) is 31.8 Å². The number of terminal acetylenes is 1. The van der Waals surface area contributed by atoms with E-state index in [1.165, 1.54) is 6.20 Å². The minimum atomic E-state index is -0.868. The van der Waals surface area contributed by atoms with Crippen LogP contribution >= 0.6 is 0 Å². The Morgan fingerprint density at radius 2 is 2.09 bits per heavy atom. The molecule has 1 spiro atoms. The predicted octanol–water partition coefficient (Wildman–Crippen LogP) is 2.23. The molecule has 2 fully saturated rings. The zero-order valence-electron chi connectivity index (χ0n) is 18.8. The molecular weight excluding hydrogens is 410 g/mol. The second kappa shape index (κ2) is 7.89. The van der Waals surface area contributed by atoms with Crippen molar-refractivity contribution in [2.24, 2.45) is 11.3 Å². The van der Waals surface area contributed by atoms with E-state index in [9.17, 15) is 9.59 Å². The second-order valence-electron chi connectivity index (χ2n) is 9.59. The number of carbonyl (C=O) groups excluding carboxylic acids is 2. The summed E-state index contributed by atoms with van der Waals surface area (Å²) in [6.45, 7) is 6.70. The Labute approximate surface area is 186 Å². The fraction of sp³-hybridized carbons (Fsp3) is 0.545. The molecule has 4 rings (SSSR count). The quantitative estimate of drug-likeness (QED) is 0.559. The topological polar surface area (TPSA) is 117 Å². The zero-order valence-corrected chi connectivity index (χ0v) is 18.8. The van der Waals surface area contributed by atoms with Crippen LogP contribution in [0.15, 0.2) is 16.9 Å². The average molecular weight is 438 g/mol. The van der Waals surface area contributed by atoms with E-state index < -0.39 is 11.6 Å². The number of rotatable bonds is 5. The van der Waals surface area contributed by atoms with Gasteiger partial charge >= 0.3 is 6.03 Å². The molecule has 1 saturated carbocycles. The molecule has 0 aromatic carbocycles. The maximum Gasteiger partial charge on any atom is 0.325 e. The lowest BCUT2D eigenvalue weighted by Crippen LogP contribution is -2.54. The number of nitrogens with zero attached hydrogens (tertiary/aromatic N) is 6. The van der Waals surface area contributed by atoms with Crippen LogP contribution in [0.5, 0.6) is 0 Å². The molecule has 3 amide bonds. The van der Waals surface area contributed by atoms with Gasteiger partial charge in [0.15, 0.2) is 0 Å². The highest BCUT2D eigenvalue weighted by molar-refractivity contribution is 6.07. The lowest BCUT2D eigenvalue weighted by molar-refractivity contribution is -0.135. The smallest absolute Gasteiger partial charge is 0.325 e. The Kier molecular flexibility index (Phi) is 5.36. The van der Waals surface area contributed by atoms with Gasteiger partial charge in [-0.05, 0) is 30.6 Å². The summed E-state index contributed by atoms with van der Waals surface area (Å²) >= 11 is 0. The van der Waals surface area contributed by atoms with Gasteiger partial charge in [0.25, 0.3) is 5.91 Å². The largest absolute Gasteiger partial charge is 0.347 e. The Balaban J connectivity index is 1.48. The van der Waals surface area contributed by atoms with Crippen LogP contribution in [0, 0.1) is 23.7 Å². The van der Waals surface area contributed by atoms with Crippen LogP contribution in [-0.4, -0.2) is 56.1 Å². The van der Waals surface area contributed by atoms with Crippen LogP contribution in [0.2, 0.25) is 0 Å². The van der Waals surface area contributed by atoms with Crippen LogP contribution < -0.4 is 10.2 Å². The van der Waals surface area contributed by atoms with Gasteiger partial charge in [-0.25, -0.2) is 14.8 Å². The monoisotopic (exact) mass is 437 g/mol. The van der Waals surface area contributed by atoms with Gasteiger partial charge < -0.3 is 14.7 Å². The van der Waals surface area contributed by atoms with Crippen molar-refractivity contribution >= 4 is 17.8 Å². The number of hydrogen-bond donors (Lipinski definition) is 1. The normalized spacial score (nSPS) is 24.5. The molecule has 2 aliphatic rings. The Morgan fingerprint density at radius 1 is 1.31 bits per heavy atom. The molecule has 168 valence electrons. The van der Waals surface area contributed by atoms with Crippen molar-refractivity contribution in [3.8, 4) is 23.9 Å². The maximum atomic E-state index is 13.3. The third kappa shape index (κ3) is 4.02. The molecule has 1 aliphatic carbocycles. The number of nitrogens with one attached hydrogen (secondary N) is 1. The van der Waals surface area contributed by atoms with Crippen LogP contribution in [-0.2, 0) is 11.3 Å². The summed E-state index contributed by atoms with van der Waals surface area (Å²) in [5.74, 6) is 3.63. The van der Waals surface area contributed by atoms with Crippen molar-refractivity contribution in [1.29, 1.82) is 0 Å². The molecule has 0 unspecified atom stereocenters. The molecule has 0 bridgehead atoms. The summed E-state index contributed by atoms with van der Waals surface area (Å²) in [6, 6.07) is -0.430. The Bertz CT molecular complexity index is 1070. The summed E-state index contributed by atoms with van der Waals surface area (Å²) in [5, 5.41) is 6.87. The Morgan fingerprint density at radius 3 is 2.75 bits per heavy atom. The third-order valence-corrected chi connectivity index (χ3v) is 5.97. The van der Waals surface area contributed by atoms with Crippen molar-refractivity contribution in [2.45, 2.75) is 52.1 Å². The molecular formula is C22H27N7O3. The molecule has 3 heterocycles. The van der Waals surface area contributed by atoms with E-state index in [0.29, 0.717) is 36.8 Å². The van der Waals surface area contributed by atoms with Crippen LogP contribution in [0.4, 0.5) is 10.6 Å². The second-order valence-corrected chi connectivity index (χ2v) is 9.59. The first-order valence-electron chi connectivity index (χ1n) is 10.6. The highest BCUT2D eigenvalue weighted by Gasteiger charge is 2.56. The third-order valence-electron chi connectivity index (χ3n) is 5.97. The molecule has 2 atom stereocenters. The van der Waals surface area contributed by atoms with Crippen molar-refractivity contribution < 1.29 is 14.1 Å². The lowest BCUT2D eigenvalue weighted by atomic mass is 9.64. The van der Waals surface area contributed by atoms with Gasteiger partial charge in [-0.2, -0.15) is 4.98 Å². The molecule has 1 N–H and O–H groups in total. The number of urea groups is 1. The highest BCUT2D eigenvalue weighted by Crippen LogP contribution is 2.46. The van der Waals surface area contributed by atoms with Gasteiger partial charge in [0.2, 0.25) is 11.7 Å². The Hall–Kier alpha value is -3.48.